The Morgan fingerprint density at radius 1 is 1.43 bits per heavy atom. The van der Waals surface area contributed by atoms with Crippen molar-refractivity contribution < 1.29 is 20.1 Å². The Balaban J connectivity index is 2.82. The van der Waals surface area contributed by atoms with Crippen LogP contribution in [0.3, 0.4) is 0 Å². The fourth-order valence-corrected chi connectivity index (χ4v) is 1.48. The zero-order chi connectivity index (χ0) is 10.7. The third-order valence-electron chi connectivity index (χ3n) is 2.32. The van der Waals surface area contributed by atoms with Crippen LogP contribution in [0.25, 0.3) is 10.4 Å². The van der Waals surface area contributed by atoms with Crippen molar-refractivity contribution in [3.8, 4) is 0 Å². The predicted octanol–water partition coefficient (Wildman–Crippen LogP) is -0.833. The summed E-state index contributed by atoms with van der Waals surface area (Å²) in [6.07, 6.45) is -3.62. The van der Waals surface area contributed by atoms with E-state index in [0.29, 0.717) is 0 Å². The lowest BCUT2D eigenvalue weighted by Gasteiger charge is -2.39. The van der Waals surface area contributed by atoms with Crippen LogP contribution in [0.5, 0.6) is 0 Å². The molecule has 14 heavy (non-hydrogen) atoms. The average Bonchev–Trinajstić information content (AvgIpc) is 2.18. The van der Waals surface area contributed by atoms with Crippen molar-refractivity contribution in [1.29, 1.82) is 0 Å². The molecule has 2 unspecified atom stereocenters. The molecule has 0 aromatic carbocycles. The average molecular weight is 203 g/mol. The van der Waals surface area contributed by atoms with Gasteiger partial charge < -0.3 is 20.1 Å². The maximum atomic E-state index is 9.54. The van der Waals surface area contributed by atoms with Crippen LogP contribution in [0.1, 0.15) is 6.92 Å². The van der Waals surface area contributed by atoms with Crippen LogP contribution in [0.15, 0.2) is 5.11 Å². The molecule has 5 atom stereocenters. The zero-order valence-corrected chi connectivity index (χ0v) is 7.69. The Morgan fingerprint density at radius 3 is 2.57 bits per heavy atom. The summed E-state index contributed by atoms with van der Waals surface area (Å²) in [4.78, 5) is 2.53. The van der Waals surface area contributed by atoms with Crippen molar-refractivity contribution in [2.45, 2.75) is 37.4 Å². The number of hydrogen-bond donors (Lipinski definition) is 3. The lowest BCUT2D eigenvalue weighted by atomic mass is 9.94. The van der Waals surface area contributed by atoms with Gasteiger partial charge in [-0.05, 0) is 12.5 Å². The number of ether oxygens (including phenoxy) is 1. The molecule has 0 spiro atoms. The molecule has 7 heteroatoms. The van der Waals surface area contributed by atoms with E-state index in [1.54, 1.807) is 6.92 Å². The Kier molecular flexibility index (Phi) is 3.68. The van der Waals surface area contributed by atoms with Crippen LogP contribution in [0.2, 0.25) is 0 Å². The number of nitrogens with zero attached hydrogens (tertiary/aromatic N) is 3. The molecule has 0 saturated carbocycles. The second kappa shape index (κ2) is 4.59. The topological polar surface area (TPSA) is 119 Å². The maximum Gasteiger partial charge on any atom is 0.107 e. The quantitative estimate of drug-likeness (QED) is 0.308. The number of rotatable bonds is 2. The highest BCUT2D eigenvalue weighted by atomic mass is 16.5. The molecule has 1 aliphatic rings. The standard InChI is InChI=1S/C7H13N3O4/c1-3-6(12)5(9-10-8)7(13)4(2-11)14-3/h3-7,11-13H,2H2,1H3/t3-,4?,5+,6?,7-/m0/s1. The van der Waals surface area contributed by atoms with Crippen molar-refractivity contribution in [2.75, 3.05) is 6.61 Å². The molecule has 0 aromatic rings. The minimum absolute atomic E-state index is 0.379. The highest BCUT2D eigenvalue weighted by molar-refractivity contribution is 4.95. The second-order valence-electron chi connectivity index (χ2n) is 3.24. The molecule has 3 N–H and O–H groups in total. The fraction of sp³-hybridized carbons (Fsp3) is 1.00. The smallest absolute Gasteiger partial charge is 0.107 e. The van der Waals surface area contributed by atoms with Gasteiger partial charge in [0.2, 0.25) is 0 Å². The van der Waals surface area contributed by atoms with Crippen molar-refractivity contribution in [2.24, 2.45) is 5.11 Å². The lowest BCUT2D eigenvalue weighted by Crippen LogP contribution is -2.56. The van der Waals surface area contributed by atoms with E-state index in [-0.39, 0.29) is 6.61 Å². The molecule has 1 heterocycles. The molecule has 0 bridgehead atoms. The molecule has 1 aliphatic heterocycles. The van der Waals surface area contributed by atoms with Gasteiger partial charge in [-0.2, -0.15) is 0 Å². The van der Waals surface area contributed by atoms with E-state index >= 15 is 0 Å². The minimum atomic E-state index is -1.18. The van der Waals surface area contributed by atoms with Gasteiger partial charge in [0, 0.05) is 4.91 Å². The van der Waals surface area contributed by atoms with Crippen molar-refractivity contribution in [1.82, 2.24) is 0 Å². The van der Waals surface area contributed by atoms with Crippen molar-refractivity contribution >= 4 is 0 Å². The Hall–Kier alpha value is -0.850. The molecular weight excluding hydrogens is 190 g/mol. The molecule has 0 radical (unpaired) electrons. The summed E-state index contributed by atoms with van der Waals surface area (Å²) in [5.41, 5.74) is 8.23. The molecule has 80 valence electrons. The molecular formula is C7H13N3O4. The third kappa shape index (κ3) is 1.97. The summed E-state index contributed by atoms with van der Waals surface area (Å²) >= 11 is 0. The second-order valence-corrected chi connectivity index (χ2v) is 3.24. The molecule has 1 saturated heterocycles. The highest BCUT2D eigenvalue weighted by Crippen LogP contribution is 2.23. The normalized spacial score (nSPS) is 43.0. The van der Waals surface area contributed by atoms with Gasteiger partial charge in [0.05, 0.1) is 31.0 Å². The summed E-state index contributed by atoms with van der Waals surface area (Å²) in [7, 11) is 0. The first-order valence-electron chi connectivity index (χ1n) is 4.28. The summed E-state index contributed by atoms with van der Waals surface area (Å²) in [5, 5.41) is 31.2. The Morgan fingerprint density at radius 2 is 2.07 bits per heavy atom. The SMILES string of the molecule is C[C@@H]1OC(CO)[C@H](O)[C@H](N=[N+]=[N-])C1O. The molecule has 1 fully saturated rings. The first-order valence-corrected chi connectivity index (χ1v) is 4.28. The van der Waals surface area contributed by atoms with Crippen LogP contribution in [-0.4, -0.2) is 52.4 Å². The van der Waals surface area contributed by atoms with Crippen LogP contribution < -0.4 is 0 Å². The van der Waals surface area contributed by atoms with E-state index < -0.39 is 30.5 Å². The summed E-state index contributed by atoms with van der Waals surface area (Å²) in [6.45, 7) is 1.20. The fourth-order valence-electron chi connectivity index (χ4n) is 1.48. The van der Waals surface area contributed by atoms with E-state index in [1.165, 1.54) is 0 Å². The minimum Gasteiger partial charge on any atom is -0.394 e. The molecule has 1 rings (SSSR count). The van der Waals surface area contributed by atoms with Gasteiger partial charge in [-0.25, -0.2) is 0 Å². The maximum absolute atomic E-state index is 9.54. The van der Waals surface area contributed by atoms with Gasteiger partial charge in [0.25, 0.3) is 0 Å². The van der Waals surface area contributed by atoms with Crippen LogP contribution in [0, 0.1) is 0 Å². The van der Waals surface area contributed by atoms with Crippen LogP contribution in [-0.2, 0) is 4.74 Å². The van der Waals surface area contributed by atoms with Gasteiger partial charge in [0.15, 0.2) is 0 Å². The summed E-state index contributed by atoms with van der Waals surface area (Å²) in [6, 6.07) is -0.971. The van der Waals surface area contributed by atoms with E-state index in [1.807, 2.05) is 0 Å². The van der Waals surface area contributed by atoms with E-state index in [2.05, 4.69) is 10.0 Å². The summed E-state index contributed by atoms with van der Waals surface area (Å²) in [5.74, 6) is 0. The van der Waals surface area contributed by atoms with Gasteiger partial charge in [-0.3, -0.25) is 0 Å². The van der Waals surface area contributed by atoms with E-state index in [4.69, 9.17) is 15.4 Å². The predicted molar refractivity (Wildman–Crippen MR) is 46.4 cm³/mol. The highest BCUT2D eigenvalue weighted by Gasteiger charge is 2.41. The molecule has 0 aromatic heterocycles. The van der Waals surface area contributed by atoms with Gasteiger partial charge in [0.1, 0.15) is 6.10 Å². The molecule has 7 nitrogen and oxygen atoms in total. The third-order valence-corrected chi connectivity index (χ3v) is 2.32. The largest absolute Gasteiger partial charge is 0.394 e. The summed E-state index contributed by atoms with van der Waals surface area (Å²) < 4.78 is 5.10. The van der Waals surface area contributed by atoms with Crippen molar-refractivity contribution in [3.63, 3.8) is 0 Å². The van der Waals surface area contributed by atoms with Crippen LogP contribution >= 0.6 is 0 Å². The molecule has 0 amide bonds. The van der Waals surface area contributed by atoms with Gasteiger partial charge in [-0.15, -0.1) is 0 Å². The first kappa shape index (κ1) is 11.2. The monoisotopic (exact) mass is 203 g/mol. The van der Waals surface area contributed by atoms with E-state index in [9.17, 15) is 10.2 Å². The Bertz CT molecular complexity index is 243. The number of azide groups is 1. The van der Waals surface area contributed by atoms with Crippen LogP contribution in [0.4, 0.5) is 0 Å². The number of aliphatic hydroxyl groups is 3. The molecule has 0 aliphatic carbocycles. The Labute approximate surface area is 80.6 Å². The number of aliphatic hydroxyl groups excluding tert-OH is 3. The lowest BCUT2D eigenvalue weighted by molar-refractivity contribution is -0.182. The van der Waals surface area contributed by atoms with E-state index in [0.717, 1.165) is 0 Å². The van der Waals surface area contributed by atoms with Gasteiger partial charge in [-0.1, -0.05) is 5.11 Å². The first-order chi connectivity index (χ1) is 6.61. The zero-order valence-electron chi connectivity index (χ0n) is 7.69. The van der Waals surface area contributed by atoms with Crippen molar-refractivity contribution in [3.05, 3.63) is 10.4 Å². The number of hydrogen-bond acceptors (Lipinski definition) is 5. The van der Waals surface area contributed by atoms with Gasteiger partial charge >= 0.3 is 0 Å².